The lowest BCUT2D eigenvalue weighted by molar-refractivity contribution is -0.113. The lowest BCUT2D eigenvalue weighted by Gasteiger charge is -2.25. The molecule has 2 aromatic carbocycles. The van der Waals surface area contributed by atoms with E-state index in [1.54, 1.807) is 31.4 Å². The van der Waals surface area contributed by atoms with Crippen molar-refractivity contribution in [3.8, 4) is 17.2 Å². The minimum atomic E-state index is -0.357. The van der Waals surface area contributed by atoms with Crippen LogP contribution in [0.1, 0.15) is 11.9 Å². The van der Waals surface area contributed by atoms with E-state index in [1.807, 2.05) is 35.9 Å². The normalized spacial score (nSPS) is 15.0. The SMILES string of the molecule is COc1ccc(NC(=O)CSc2nnc(C3COc4ccccc4O3)n2C)cc1. The van der Waals surface area contributed by atoms with E-state index < -0.39 is 0 Å². The number of hydrogen-bond donors (Lipinski definition) is 1. The Bertz CT molecular complexity index is 1010. The minimum absolute atomic E-state index is 0.129. The summed E-state index contributed by atoms with van der Waals surface area (Å²) in [5, 5.41) is 11.9. The summed E-state index contributed by atoms with van der Waals surface area (Å²) in [5.41, 5.74) is 0.710. The highest BCUT2D eigenvalue weighted by atomic mass is 32.2. The van der Waals surface area contributed by atoms with Crippen LogP contribution < -0.4 is 19.5 Å². The summed E-state index contributed by atoms with van der Waals surface area (Å²) in [6.07, 6.45) is -0.357. The summed E-state index contributed by atoms with van der Waals surface area (Å²) < 4.78 is 18.7. The van der Waals surface area contributed by atoms with Crippen LogP contribution in [-0.2, 0) is 11.8 Å². The number of para-hydroxylation sites is 2. The van der Waals surface area contributed by atoms with E-state index in [4.69, 9.17) is 14.2 Å². The first kappa shape index (κ1) is 19.1. The number of hydrogen-bond acceptors (Lipinski definition) is 7. The van der Waals surface area contributed by atoms with Crippen LogP contribution in [0, 0.1) is 0 Å². The predicted molar refractivity (Wildman–Crippen MR) is 109 cm³/mol. The van der Waals surface area contributed by atoms with Crippen molar-refractivity contribution in [1.29, 1.82) is 0 Å². The van der Waals surface area contributed by atoms with Crippen LogP contribution in [-0.4, -0.2) is 40.1 Å². The quantitative estimate of drug-likeness (QED) is 0.623. The van der Waals surface area contributed by atoms with Gasteiger partial charge < -0.3 is 24.1 Å². The van der Waals surface area contributed by atoms with Gasteiger partial charge in [0, 0.05) is 12.7 Å². The highest BCUT2D eigenvalue weighted by Crippen LogP contribution is 2.35. The Kier molecular flexibility index (Phi) is 5.57. The number of anilines is 1. The summed E-state index contributed by atoms with van der Waals surface area (Å²) in [7, 11) is 3.45. The maximum Gasteiger partial charge on any atom is 0.234 e. The number of nitrogens with one attached hydrogen (secondary N) is 1. The maximum atomic E-state index is 12.2. The molecule has 1 atom stereocenters. The van der Waals surface area contributed by atoms with Gasteiger partial charge in [0.15, 0.2) is 28.6 Å². The first-order chi connectivity index (χ1) is 14.1. The molecule has 0 aliphatic carbocycles. The molecule has 0 radical (unpaired) electrons. The van der Waals surface area contributed by atoms with Crippen LogP contribution in [0.3, 0.4) is 0 Å². The zero-order valence-corrected chi connectivity index (χ0v) is 16.8. The van der Waals surface area contributed by atoms with Crippen LogP contribution in [0.2, 0.25) is 0 Å². The Morgan fingerprint density at radius 2 is 1.97 bits per heavy atom. The van der Waals surface area contributed by atoms with Gasteiger partial charge in [-0.05, 0) is 36.4 Å². The van der Waals surface area contributed by atoms with Gasteiger partial charge in [-0.25, -0.2) is 0 Å². The van der Waals surface area contributed by atoms with Gasteiger partial charge in [0.1, 0.15) is 12.4 Å². The second-order valence-electron chi connectivity index (χ2n) is 6.33. The van der Waals surface area contributed by atoms with Gasteiger partial charge in [-0.15, -0.1) is 10.2 Å². The number of nitrogens with zero attached hydrogens (tertiary/aromatic N) is 3. The second kappa shape index (κ2) is 8.44. The van der Waals surface area contributed by atoms with Crippen molar-refractivity contribution < 1.29 is 19.0 Å². The highest BCUT2D eigenvalue weighted by Gasteiger charge is 2.27. The molecule has 3 aromatic rings. The molecule has 0 spiro atoms. The molecule has 0 saturated heterocycles. The standard InChI is InChI=1S/C20H20N4O4S/c1-24-19(17-11-27-15-5-3-4-6-16(15)28-17)22-23-20(24)29-12-18(25)21-13-7-9-14(26-2)10-8-13/h3-10,17H,11-12H2,1-2H3,(H,21,25). The van der Waals surface area contributed by atoms with E-state index in [-0.39, 0.29) is 17.8 Å². The Hall–Kier alpha value is -3.20. The number of carbonyl (C=O) groups excluding carboxylic acids is 1. The molecule has 1 N–H and O–H groups in total. The van der Waals surface area contributed by atoms with Gasteiger partial charge in [0.05, 0.1) is 12.9 Å². The second-order valence-corrected chi connectivity index (χ2v) is 7.27. The topological polar surface area (TPSA) is 87.5 Å². The number of thioether (sulfide) groups is 1. The van der Waals surface area contributed by atoms with Crippen molar-refractivity contribution in [3.05, 3.63) is 54.4 Å². The highest BCUT2D eigenvalue weighted by molar-refractivity contribution is 7.99. The number of ether oxygens (including phenoxy) is 3. The average Bonchev–Trinajstić information content (AvgIpc) is 3.13. The molecule has 1 amide bonds. The summed E-state index contributed by atoms with van der Waals surface area (Å²) in [4.78, 5) is 12.2. The average molecular weight is 412 g/mol. The predicted octanol–water partition coefficient (Wildman–Crippen LogP) is 3.07. The first-order valence-corrected chi connectivity index (χ1v) is 9.97. The largest absolute Gasteiger partial charge is 0.497 e. The molecule has 1 aliphatic heterocycles. The number of rotatable bonds is 6. The number of amides is 1. The molecule has 29 heavy (non-hydrogen) atoms. The fourth-order valence-electron chi connectivity index (χ4n) is 2.88. The molecule has 0 bridgehead atoms. The molecule has 1 unspecified atom stereocenters. The number of fused-ring (bicyclic) bond motifs is 1. The lowest BCUT2D eigenvalue weighted by Crippen LogP contribution is -2.24. The monoisotopic (exact) mass is 412 g/mol. The Labute approximate surface area is 172 Å². The fraction of sp³-hybridized carbons (Fsp3) is 0.250. The molecule has 4 rings (SSSR count). The molecule has 2 heterocycles. The Morgan fingerprint density at radius 3 is 2.72 bits per heavy atom. The zero-order valence-electron chi connectivity index (χ0n) is 16.0. The van der Waals surface area contributed by atoms with Crippen molar-refractivity contribution in [2.45, 2.75) is 11.3 Å². The number of methoxy groups -OCH3 is 1. The van der Waals surface area contributed by atoms with Crippen LogP contribution in [0.5, 0.6) is 17.2 Å². The molecular weight excluding hydrogens is 392 g/mol. The Morgan fingerprint density at radius 1 is 1.21 bits per heavy atom. The minimum Gasteiger partial charge on any atom is -0.497 e. The van der Waals surface area contributed by atoms with Crippen molar-refractivity contribution in [2.75, 3.05) is 24.8 Å². The molecule has 1 aliphatic rings. The van der Waals surface area contributed by atoms with Crippen LogP contribution >= 0.6 is 11.8 Å². The number of aromatic nitrogens is 3. The van der Waals surface area contributed by atoms with Crippen molar-refractivity contribution in [1.82, 2.24) is 14.8 Å². The zero-order chi connectivity index (χ0) is 20.2. The van der Waals surface area contributed by atoms with Crippen molar-refractivity contribution in [2.24, 2.45) is 7.05 Å². The number of carbonyl (C=O) groups is 1. The van der Waals surface area contributed by atoms with Crippen molar-refractivity contribution in [3.63, 3.8) is 0 Å². The maximum absolute atomic E-state index is 12.2. The third-order valence-corrected chi connectivity index (χ3v) is 5.39. The van der Waals surface area contributed by atoms with E-state index in [9.17, 15) is 4.79 Å². The molecule has 0 saturated carbocycles. The molecule has 1 aromatic heterocycles. The smallest absolute Gasteiger partial charge is 0.234 e. The van der Waals surface area contributed by atoms with E-state index in [0.29, 0.717) is 29.0 Å². The third-order valence-electron chi connectivity index (χ3n) is 4.37. The van der Waals surface area contributed by atoms with Gasteiger partial charge in [-0.3, -0.25) is 4.79 Å². The van der Waals surface area contributed by atoms with Crippen LogP contribution in [0.25, 0.3) is 0 Å². The first-order valence-electron chi connectivity index (χ1n) is 8.98. The lowest BCUT2D eigenvalue weighted by atomic mass is 10.2. The summed E-state index contributed by atoms with van der Waals surface area (Å²) in [6, 6.07) is 14.7. The fourth-order valence-corrected chi connectivity index (χ4v) is 3.60. The van der Waals surface area contributed by atoms with E-state index >= 15 is 0 Å². The van der Waals surface area contributed by atoms with Crippen LogP contribution in [0.15, 0.2) is 53.7 Å². The van der Waals surface area contributed by atoms with Crippen LogP contribution in [0.4, 0.5) is 5.69 Å². The van der Waals surface area contributed by atoms with Gasteiger partial charge in [0.2, 0.25) is 5.91 Å². The van der Waals surface area contributed by atoms with Gasteiger partial charge >= 0.3 is 0 Å². The summed E-state index contributed by atoms with van der Waals surface area (Å²) in [6.45, 7) is 0.353. The molecule has 8 nitrogen and oxygen atoms in total. The molecule has 0 fully saturated rings. The van der Waals surface area contributed by atoms with E-state index in [2.05, 4.69) is 15.5 Å². The van der Waals surface area contributed by atoms with Gasteiger partial charge in [-0.2, -0.15) is 0 Å². The summed E-state index contributed by atoms with van der Waals surface area (Å²) in [5.74, 6) is 2.87. The van der Waals surface area contributed by atoms with Gasteiger partial charge in [-0.1, -0.05) is 23.9 Å². The third kappa shape index (κ3) is 4.29. The molecular formula is C20H20N4O4S. The molecule has 9 heteroatoms. The van der Waals surface area contributed by atoms with E-state index in [0.717, 1.165) is 11.5 Å². The van der Waals surface area contributed by atoms with Gasteiger partial charge in [0.25, 0.3) is 0 Å². The van der Waals surface area contributed by atoms with E-state index in [1.165, 1.54) is 11.8 Å². The molecule has 150 valence electrons. The summed E-state index contributed by atoms with van der Waals surface area (Å²) >= 11 is 1.31. The number of benzene rings is 2. The Balaban J connectivity index is 1.36. The van der Waals surface area contributed by atoms with Crippen molar-refractivity contribution >= 4 is 23.4 Å².